The number of rotatable bonds is 2. The Kier molecular flexibility index (Phi) is 3.49. The molecular formula is C12H11N3. The average Bonchev–Trinajstić information content (AvgIpc) is 2.22. The van der Waals surface area contributed by atoms with Crippen molar-refractivity contribution in [3.63, 3.8) is 0 Å². The van der Waals surface area contributed by atoms with Crippen LogP contribution in [0.1, 0.15) is 11.1 Å². The third kappa shape index (κ3) is 2.86. The van der Waals surface area contributed by atoms with E-state index in [4.69, 9.17) is 10.5 Å². The van der Waals surface area contributed by atoms with Crippen LogP contribution in [0.3, 0.4) is 0 Å². The predicted molar refractivity (Wildman–Crippen MR) is 58.8 cm³/mol. The van der Waals surface area contributed by atoms with E-state index >= 15 is 0 Å². The van der Waals surface area contributed by atoms with Crippen molar-refractivity contribution in [3.05, 3.63) is 41.1 Å². The van der Waals surface area contributed by atoms with E-state index in [0.717, 1.165) is 11.3 Å². The first-order chi connectivity index (χ1) is 7.17. The maximum Gasteiger partial charge on any atom is 0.145 e. The first-order valence-electron chi connectivity index (χ1n) is 4.51. The number of anilines is 1. The number of nitrogens with one attached hydrogen (secondary N) is 1. The Bertz CT molecular complexity index is 457. The van der Waals surface area contributed by atoms with Crippen LogP contribution in [0.15, 0.2) is 30.0 Å². The first-order valence-corrected chi connectivity index (χ1v) is 4.51. The van der Waals surface area contributed by atoms with Gasteiger partial charge in [-0.15, -0.1) is 0 Å². The third-order valence-electron chi connectivity index (χ3n) is 1.99. The van der Waals surface area contributed by atoms with Crippen LogP contribution in [0, 0.1) is 36.5 Å². The standard InChI is InChI=1S/C12H11N3/c1-9-3-4-12(10(2)5-9)15-8-11(6-13)7-14/h3-5,8,15H,1-2H3. The summed E-state index contributed by atoms with van der Waals surface area (Å²) in [4.78, 5) is 0. The normalized spacial score (nSPS) is 8.53. The van der Waals surface area contributed by atoms with Gasteiger partial charge in [0.1, 0.15) is 17.7 Å². The van der Waals surface area contributed by atoms with Crippen molar-refractivity contribution in [2.75, 3.05) is 5.32 Å². The highest BCUT2D eigenvalue weighted by atomic mass is 14.8. The van der Waals surface area contributed by atoms with Crippen LogP contribution in [0.5, 0.6) is 0 Å². The predicted octanol–water partition coefficient (Wildman–Crippen LogP) is 2.65. The SMILES string of the molecule is Cc1ccc(NC=C(C#N)C#N)c(C)c1. The Morgan fingerprint density at radius 3 is 2.47 bits per heavy atom. The largest absolute Gasteiger partial charge is 0.360 e. The van der Waals surface area contributed by atoms with Gasteiger partial charge in [0.25, 0.3) is 0 Å². The summed E-state index contributed by atoms with van der Waals surface area (Å²) < 4.78 is 0. The van der Waals surface area contributed by atoms with E-state index in [9.17, 15) is 0 Å². The maximum atomic E-state index is 8.54. The quantitative estimate of drug-likeness (QED) is 0.741. The molecule has 0 saturated carbocycles. The summed E-state index contributed by atoms with van der Waals surface area (Å²) in [5, 5.41) is 20.0. The van der Waals surface area contributed by atoms with Gasteiger partial charge in [0.2, 0.25) is 0 Å². The Morgan fingerprint density at radius 2 is 1.93 bits per heavy atom. The molecule has 0 fully saturated rings. The number of nitriles is 2. The lowest BCUT2D eigenvalue weighted by Crippen LogP contribution is -1.93. The van der Waals surface area contributed by atoms with Gasteiger partial charge >= 0.3 is 0 Å². The van der Waals surface area contributed by atoms with E-state index in [2.05, 4.69) is 5.32 Å². The van der Waals surface area contributed by atoms with Crippen LogP contribution in [0.4, 0.5) is 5.69 Å². The molecule has 0 radical (unpaired) electrons. The van der Waals surface area contributed by atoms with Gasteiger partial charge in [-0.2, -0.15) is 10.5 Å². The van der Waals surface area contributed by atoms with Crippen LogP contribution in [-0.4, -0.2) is 0 Å². The fourth-order valence-electron chi connectivity index (χ4n) is 1.22. The lowest BCUT2D eigenvalue weighted by Gasteiger charge is -2.05. The van der Waals surface area contributed by atoms with E-state index < -0.39 is 0 Å². The zero-order valence-electron chi connectivity index (χ0n) is 8.70. The Balaban J connectivity index is 2.89. The molecule has 1 N–H and O–H groups in total. The van der Waals surface area contributed by atoms with E-state index in [0.29, 0.717) is 0 Å². The number of nitrogens with zero attached hydrogens (tertiary/aromatic N) is 2. The highest BCUT2D eigenvalue weighted by Gasteiger charge is 1.96. The molecule has 0 aliphatic carbocycles. The first kappa shape index (κ1) is 10.8. The lowest BCUT2D eigenvalue weighted by molar-refractivity contribution is 1.36. The second-order valence-electron chi connectivity index (χ2n) is 3.24. The topological polar surface area (TPSA) is 59.6 Å². The molecule has 3 nitrogen and oxygen atoms in total. The van der Waals surface area contributed by atoms with Gasteiger partial charge in [0.05, 0.1) is 0 Å². The zero-order chi connectivity index (χ0) is 11.3. The molecule has 1 aromatic carbocycles. The summed E-state index contributed by atoms with van der Waals surface area (Å²) in [6.45, 7) is 3.99. The summed E-state index contributed by atoms with van der Waals surface area (Å²) in [5.41, 5.74) is 3.24. The highest BCUT2D eigenvalue weighted by Crippen LogP contribution is 2.16. The molecule has 0 unspecified atom stereocenters. The summed E-state index contributed by atoms with van der Waals surface area (Å²) in [7, 11) is 0. The number of aryl methyl sites for hydroxylation is 2. The van der Waals surface area contributed by atoms with Crippen molar-refractivity contribution in [3.8, 4) is 12.1 Å². The van der Waals surface area contributed by atoms with Crippen LogP contribution < -0.4 is 5.32 Å². The van der Waals surface area contributed by atoms with Gasteiger partial charge in [-0.1, -0.05) is 17.7 Å². The number of benzene rings is 1. The average molecular weight is 197 g/mol. The van der Waals surface area contributed by atoms with Gasteiger partial charge in [-0.25, -0.2) is 0 Å². The Morgan fingerprint density at radius 1 is 1.27 bits per heavy atom. The minimum Gasteiger partial charge on any atom is -0.360 e. The van der Waals surface area contributed by atoms with E-state index in [1.54, 1.807) is 12.1 Å². The summed E-state index contributed by atoms with van der Waals surface area (Å²) in [6, 6.07) is 9.51. The third-order valence-corrected chi connectivity index (χ3v) is 1.99. The molecule has 0 aromatic heterocycles. The number of allylic oxidation sites excluding steroid dienone is 1. The van der Waals surface area contributed by atoms with Crippen molar-refractivity contribution >= 4 is 5.69 Å². The van der Waals surface area contributed by atoms with E-state index in [1.807, 2.05) is 32.0 Å². The molecule has 0 aliphatic rings. The molecule has 0 aliphatic heterocycles. The number of hydrogen-bond donors (Lipinski definition) is 1. The van der Waals surface area contributed by atoms with Crippen LogP contribution in [-0.2, 0) is 0 Å². The smallest absolute Gasteiger partial charge is 0.145 e. The van der Waals surface area contributed by atoms with Gasteiger partial charge < -0.3 is 5.32 Å². The van der Waals surface area contributed by atoms with Crippen molar-refractivity contribution < 1.29 is 0 Å². The second kappa shape index (κ2) is 4.83. The minimum absolute atomic E-state index is 0.0648. The maximum absolute atomic E-state index is 8.54. The van der Waals surface area contributed by atoms with Crippen molar-refractivity contribution in [1.82, 2.24) is 0 Å². The summed E-state index contributed by atoms with van der Waals surface area (Å²) in [5.74, 6) is 0. The molecule has 0 spiro atoms. The molecular weight excluding hydrogens is 186 g/mol. The highest BCUT2D eigenvalue weighted by molar-refractivity contribution is 5.55. The molecule has 15 heavy (non-hydrogen) atoms. The molecule has 1 rings (SSSR count). The fourth-order valence-corrected chi connectivity index (χ4v) is 1.22. The molecule has 0 amide bonds. The van der Waals surface area contributed by atoms with Gasteiger partial charge in [0.15, 0.2) is 0 Å². The van der Waals surface area contributed by atoms with Crippen molar-refractivity contribution in [1.29, 1.82) is 10.5 Å². The van der Waals surface area contributed by atoms with Crippen molar-refractivity contribution in [2.45, 2.75) is 13.8 Å². The zero-order valence-corrected chi connectivity index (χ0v) is 8.70. The van der Waals surface area contributed by atoms with E-state index in [1.165, 1.54) is 11.8 Å². The Hall–Kier alpha value is -2.26. The van der Waals surface area contributed by atoms with Gasteiger partial charge in [-0.05, 0) is 25.5 Å². The van der Waals surface area contributed by atoms with Crippen molar-refractivity contribution in [2.24, 2.45) is 0 Å². The summed E-state index contributed by atoms with van der Waals surface area (Å²) >= 11 is 0. The molecule has 74 valence electrons. The van der Waals surface area contributed by atoms with Crippen LogP contribution >= 0.6 is 0 Å². The minimum atomic E-state index is 0.0648. The summed E-state index contributed by atoms with van der Waals surface area (Å²) in [6.07, 6.45) is 1.41. The monoisotopic (exact) mass is 197 g/mol. The molecule has 0 bridgehead atoms. The fraction of sp³-hybridized carbons (Fsp3) is 0.167. The molecule has 0 atom stereocenters. The van der Waals surface area contributed by atoms with Crippen LogP contribution in [0.2, 0.25) is 0 Å². The Labute approximate surface area is 89.3 Å². The molecule has 0 saturated heterocycles. The molecule has 0 heterocycles. The lowest BCUT2D eigenvalue weighted by atomic mass is 10.1. The van der Waals surface area contributed by atoms with Gasteiger partial charge in [-0.3, -0.25) is 0 Å². The number of hydrogen-bond acceptors (Lipinski definition) is 3. The second-order valence-corrected chi connectivity index (χ2v) is 3.24. The van der Waals surface area contributed by atoms with Gasteiger partial charge in [0, 0.05) is 11.9 Å². The van der Waals surface area contributed by atoms with E-state index in [-0.39, 0.29) is 5.57 Å². The van der Waals surface area contributed by atoms with Crippen LogP contribution in [0.25, 0.3) is 0 Å². The molecule has 1 aromatic rings. The molecule has 3 heteroatoms.